The van der Waals surface area contributed by atoms with E-state index in [0.29, 0.717) is 11.7 Å². The molecule has 0 amide bonds. The molecular weight excluding hydrogens is 274 g/mol. The summed E-state index contributed by atoms with van der Waals surface area (Å²) >= 11 is 0. The summed E-state index contributed by atoms with van der Waals surface area (Å²) in [5.41, 5.74) is 0. The number of furan rings is 1. The van der Waals surface area contributed by atoms with Gasteiger partial charge in [-0.2, -0.15) is 4.98 Å². The van der Waals surface area contributed by atoms with Gasteiger partial charge in [0.05, 0.1) is 0 Å². The largest absolute Gasteiger partial charge is 0.446 e. The lowest BCUT2D eigenvalue weighted by atomic mass is 10.4. The average Bonchev–Trinajstić information content (AvgIpc) is 2.98. The van der Waals surface area contributed by atoms with Gasteiger partial charge >= 0.3 is 0 Å². The number of aliphatic hydroxyl groups excluding tert-OH is 1. The number of hydrogen-bond acceptors (Lipinski definition) is 7. The molecular formula is C10H13N3O5S. The summed E-state index contributed by atoms with van der Waals surface area (Å²) in [7, 11) is -3.73. The highest BCUT2D eigenvalue weighted by molar-refractivity contribution is 7.89. The number of aromatic nitrogens is 2. The van der Waals surface area contributed by atoms with Gasteiger partial charge in [-0.25, -0.2) is 13.1 Å². The van der Waals surface area contributed by atoms with Gasteiger partial charge in [-0.05, 0) is 19.1 Å². The van der Waals surface area contributed by atoms with Crippen LogP contribution in [0.2, 0.25) is 0 Å². The van der Waals surface area contributed by atoms with Crippen molar-refractivity contribution in [3.63, 3.8) is 0 Å². The van der Waals surface area contributed by atoms with Crippen molar-refractivity contribution in [2.45, 2.75) is 25.0 Å². The molecule has 2 aromatic rings. The second kappa shape index (κ2) is 5.51. The van der Waals surface area contributed by atoms with Crippen molar-refractivity contribution in [1.29, 1.82) is 0 Å². The molecule has 8 nitrogen and oxygen atoms in total. The lowest BCUT2D eigenvalue weighted by molar-refractivity contribution is 0.236. The normalized spacial score (nSPS) is 11.9. The second-order valence-corrected chi connectivity index (χ2v) is 5.46. The van der Waals surface area contributed by atoms with Crippen LogP contribution in [0.1, 0.15) is 17.5 Å². The first kappa shape index (κ1) is 13.7. The maximum Gasteiger partial charge on any atom is 0.273 e. The third-order valence-corrected chi connectivity index (χ3v) is 3.59. The van der Waals surface area contributed by atoms with E-state index in [1.807, 2.05) is 0 Å². The van der Waals surface area contributed by atoms with Crippen molar-refractivity contribution in [2.24, 2.45) is 0 Å². The van der Waals surface area contributed by atoms with Gasteiger partial charge in [0.1, 0.15) is 12.4 Å². The Hall–Kier alpha value is -1.71. The Morgan fingerprint density at radius 1 is 1.42 bits per heavy atom. The fourth-order valence-corrected chi connectivity index (χ4v) is 2.37. The van der Waals surface area contributed by atoms with E-state index < -0.39 is 10.0 Å². The van der Waals surface area contributed by atoms with Crippen molar-refractivity contribution in [3.8, 4) is 0 Å². The molecule has 2 aromatic heterocycles. The average molecular weight is 287 g/mol. The lowest BCUT2D eigenvalue weighted by Gasteiger charge is -2.01. The highest BCUT2D eigenvalue weighted by Crippen LogP contribution is 2.13. The van der Waals surface area contributed by atoms with Crippen molar-refractivity contribution in [2.75, 3.05) is 6.54 Å². The van der Waals surface area contributed by atoms with Gasteiger partial charge in [-0.3, -0.25) is 0 Å². The SMILES string of the molecule is Cc1noc(CCNS(=O)(=O)c2ccc(CO)o2)n1. The number of nitrogens with zero attached hydrogens (tertiary/aromatic N) is 2. The molecule has 0 saturated heterocycles. The highest BCUT2D eigenvalue weighted by Gasteiger charge is 2.18. The molecule has 9 heteroatoms. The summed E-state index contributed by atoms with van der Waals surface area (Å²) in [6, 6.07) is 2.68. The molecule has 0 bridgehead atoms. The molecule has 0 spiro atoms. The molecule has 0 atom stereocenters. The van der Waals surface area contributed by atoms with E-state index >= 15 is 0 Å². The van der Waals surface area contributed by atoms with Gasteiger partial charge in [-0.1, -0.05) is 5.16 Å². The first-order valence-corrected chi connectivity index (χ1v) is 6.98. The number of sulfonamides is 1. The van der Waals surface area contributed by atoms with Crippen molar-refractivity contribution in [1.82, 2.24) is 14.9 Å². The molecule has 0 unspecified atom stereocenters. The van der Waals surface area contributed by atoms with Crippen LogP contribution in [0.4, 0.5) is 0 Å². The van der Waals surface area contributed by atoms with Crippen molar-refractivity contribution < 1.29 is 22.5 Å². The van der Waals surface area contributed by atoms with Gasteiger partial charge in [0.25, 0.3) is 10.0 Å². The van der Waals surface area contributed by atoms with E-state index in [1.165, 1.54) is 12.1 Å². The number of rotatable bonds is 6. The van der Waals surface area contributed by atoms with Crippen LogP contribution in [0.25, 0.3) is 0 Å². The van der Waals surface area contributed by atoms with Crippen LogP contribution in [0.5, 0.6) is 0 Å². The van der Waals surface area contributed by atoms with Gasteiger partial charge in [0.15, 0.2) is 5.82 Å². The molecule has 104 valence electrons. The second-order valence-electron chi connectivity index (χ2n) is 3.76. The Morgan fingerprint density at radius 3 is 2.79 bits per heavy atom. The zero-order valence-electron chi connectivity index (χ0n) is 10.2. The quantitative estimate of drug-likeness (QED) is 0.766. The summed E-state index contributed by atoms with van der Waals surface area (Å²) in [4.78, 5) is 3.95. The van der Waals surface area contributed by atoms with Crippen LogP contribution in [-0.2, 0) is 23.1 Å². The van der Waals surface area contributed by atoms with Gasteiger partial charge in [0.2, 0.25) is 11.0 Å². The maximum atomic E-state index is 11.8. The van der Waals surface area contributed by atoms with Crippen LogP contribution < -0.4 is 4.72 Å². The smallest absolute Gasteiger partial charge is 0.273 e. The standard InChI is InChI=1S/C10H13N3O5S/c1-7-12-9(18-13-7)4-5-11-19(15,16)10-3-2-8(6-14)17-10/h2-3,11,14H,4-6H2,1H3. The Bertz CT molecular complexity index is 646. The van der Waals surface area contributed by atoms with Crippen molar-refractivity contribution >= 4 is 10.0 Å². The molecule has 2 rings (SSSR count). The lowest BCUT2D eigenvalue weighted by Crippen LogP contribution is -2.25. The molecule has 0 aliphatic heterocycles. The fraction of sp³-hybridized carbons (Fsp3) is 0.400. The van der Waals surface area contributed by atoms with Crippen LogP contribution >= 0.6 is 0 Å². The first-order chi connectivity index (χ1) is 9.01. The summed E-state index contributed by atoms with van der Waals surface area (Å²) in [6.45, 7) is 1.44. The number of aryl methyl sites for hydroxylation is 1. The summed E-state index contributed by atoms with van der Waals surface area (Å²) < 4.78 is 35.8. The third-order valence-electron chi connectivity index (χ3n) is 2.26. The summed E-state index contributed by atoms with van der Waals surface area (Å²) in [5, 5.41) is 12.2. The monoisotopic (exact) mass is 287 g/mol. The number of aliphatic hydroxyl groups is 1. The number of nitrogens with one attached hydrogen (secondary N) is 1. The minimum Gasteiger partial charge on any atom is -0.446 e. The number of hydrogen-bond donors (Lipinski definition) is 2. The van der Waals surface area contributed by atoms with Crippen LogP contribution in [-0.4, -0.2) is 30.2 Å². The zero-order chi connectivity index (χ0) is 13.9. The van der Waals surface area contributed by atoms with E-state index in [4.69, 9.17) is 14.0 Å². The Morgan fingerprint density at radius 2 is 2.21 bits per heavy atom. The molecule has 19 heavy (non-hydrogen) atoms. The van der Waals surface area contributed by atoms with E-state index in [9.17, 15) is 8.42 Å². The van der Waals surface area contributed by atoms with Crippen LogP contribution in [0.15, 0.2) is 26.2 Å². The summed E-state index contributed by atoms with van der Waals surface area (Å²) in [6.07, 6.45) is 0.285. The third kappa shape index (κ3) is 3.40. The summed E-state index contributed by atoms with van der Waals surface area (Å²) in [5.74, 6) is 1.04. The van der Waals surface area contributed by atoms with Gasteiger partial charge in [-0.15, -0.1) is 0 Å². The van der Waals surface area contributed by atoms with E-state index in [1.54, 1.807) is 6.92 Å². The molecule has 2 N–H and O–H groups in total. The van der Waals surface area contributed by atoms with Crippen LogP contribution in [0.3, 0.4) is 0 Å². The molecule has 0 fully saturated rings. The molecule has 0 aliphatic carbocycles. The Labute approximate surface area is 109 Å². The van der Waals surface area contributed by atoms with E-state index in [2.05, 4.69) is 14.9 Å². The molecule has 0 aliphatic rings. The van der Waals surface area contributed by atoms with Gasteiger partial charge < -0.3 is 14.0 Å². The minimum atomic E-state index is -3.73. The first-order valence-electron chi connectivity index (χ1n) is 5.49. The van der Waals surface area contributed by atoms with E-state index in [0.717, 1.165) is 0 Å². The van der Waals surface area contributed by atoms with Crippen molar-refractivity contribution in [3.05, 3.63) is 29.6 Å². The molecule has 0 aromatic carbocycles. The highest BCUT2D eigenvalue weighted by atomic mass is 32.2. The van der Waals surface area contributed by atoms with E-state index in [-0.39, 0.29) is 30.4 Å². The predicted molar refractivity (Wildman–Crippen MR) is 62.6 cm³/mol. The molecule has 2 heterocycles. The predicted octanol–water partition coefficient (Wildman–Crippen LogP) is -0.0157. The molecule has 0 radical (unpaired) electrons. The topological polar surface area (TPSA) is 118 Å². The van der Waals surface area contributed by atoms with Gasteiger partial charge in [0, 0.05) is 13.0 Å². The minimum absolute atomic E-state index is 0.110. The Kier molecular flexibility index (Phi) is 3.98. The zero-order valence-corrected chi connectivity index (χ0v) is 11.0. The maximum absolute atomic E-state index is 11.8. The fourth-order valence-electron chi connectivity index (χ4n) is 1.39. The Balaban J connectivity index is 1.94. The van der Waals surface area contributed by atoms with Crippen LogP contribution in [0, 0.1) is 6.92 Å². The molecule has 0 saturated carbocycles.